The molecule has 3 N–H and O–H groups in total. The number of hydrogen-bond donors (Lipinski definition) is 2. The number of anilines is 1. The Hall–Kier alpha value is -1.64. The maximum Gasteiger partial charge on any atom is 0.280 e. The first-order chi connectivity index (χ1) is 9.79. The monoisotopic (exact) mass is 344 g/mol. The third-order valence-electron chi connectivity index (χ3n) is 2.68. The average Bonchev–Trinajstić information content (AvgIpc) is 2.71. The van der Waals surface area contributed by atoms with Gasteiger partial charge in [-0.25, -0.2) is 0 Å². The topological polar surface area (TPSA) is 90.0 Å². The van der Waals surface area contributed by atoms with Crippen LogP contribution >= 0.6 is 23.8 Å². The van der Waals surface area contributed by atoms with Gasteiger partial charge in [0.15, 0.2) is 5.03 Å². The summed E-state index contributed by atoms with van der Waals surface area (Å²) in [5.74, 6) is 0. The molecule has 0 aliphatic rings. The molecule has 0 aliphatic heterocycles. The highest BCUT2D eigenvalue weighted by Gasteiger charge is 2.22. The van der Waals surface area contributed by atoms with Crippen molar-refractivity contribution in [3.05, 3.63) is 41.0 Å². The molecule has 0 saturated heterocycles. The van der Waals surface area contributed by atoms with E-state index in [0.717, 1.165) is 5.56 Å². The summed E-state index contributed by atoms with van der Waals surface area (Å²) in [6.45, 7) is 0. The Morgan fingerprint density at radius 1 is 1.43 bits per heavy atom. The number of rotatable bonds is 5. The largest absolute Gasteiger partial charge is 0.393 e. The van der Waals surface area contributed by atoms with Gasteiger partial charge >= 0.3 is 0 Å². The van der Waals surface area contributed by atoms with Crippen LogP contribution in [0.25, 0.3) is 0 Å². The van der Waals surface area contributed by atoms with E-state index in [1.54, 1.807) is 24.3 Å². The molecule has 21 heavy (non-hydrogen) atoms. The van der Waals surface area contributed by atoms with E-state index in [4.69, 9.17) is 29.6 Å². The van der Waals surface area contributed by atoms with E-state index in [2.05, 4.69) is 9.82 Å². The van der Waals surface area contributed by atoms with Crippen molar-refractivity contribution in [3.63, 3.8) is 0 Å². The lowest BCUT2D eigenvalue weighted by molar-refractivity contribution is 0.582. The molecule has 2 aromatic rings. The van der Waals surface area contributed by atoms with Crippen LogP contribution in [-0.2, 0) is 23.5 Å². The molecule has 9 heteroatoms. The van der Waals surface area contributed by atoms with Crippen LogP contribution in [0.5, 0.6) is 0 Å². The molecule has 1 aromatic heterocycles. The summed E-state index contributed by atoms with van der Waals surface area (Å²) in [7, 11) is -2.29. The first kappa shape index (κ1) is 15.7. The fourth-order valence-electron chi connectivity index (χ4n) is 1.80. The number of hydrogen-bond acceptors (Lipinski definition) is 4. The van der Waals surface area contributed by atoms with Gasteiger partial charge in [0, 0.05) is 19.2 Å². The van der Waals surface area contributed by atoms with Gasteiger partial charge in [0.25, 0.3) is 10.0 Å². The van der Waals surface area contributed by atoms with Crippen molar-refractivity contribution < 1.29 is 8.42 Å². The molecule has 0 fully saturated rings. The van der Waals surface area contributed by atoms with Crippen LogP contribution in [0.3, 0.4) is 0 Å². The minimum atomic E-state index is -3.80. The first-order valence-electron chi connectivity index (χ1n) is 5.87. The maximum absolute atomic E-state index is 12.3. The Labute approximate surface area is 133 Å². The number of sulfonamides is 1. The molecule has 6 nitrogen and oxygen atoms in total. The van der Waals surface area contributed by atoms with Gasteiger partial charge in [-0.2, -0.15) is 13.5 Å². The second kappa shape index (κ2) is 6.00. The Balaban J connectivity index is 2.23. The highest BCUT2D eigenvalue weighted by molar-refractivity contribution is 7.92. The molecule has 2 rings (SSSR count). The smallest absolute Gasteiger partial charge is 0.280 e. The number of halogens is 1. The number of thiocarbonyl (C=S) groups is 1. The van der Waals surface area contributed by atoms with Gasteiger partial charge in [0.05, 0.1) is 16.2 Å². The quantitative estimate of drug-likeness (QED) is 0.806. The van der Waals surface area contributed by atoms with Gasteiger partial charge in [0.1, 0.15) is 0 Å². The number of aryl methyl sites for hydroxylation is 1. The van der Waals surface area contributed by atoms with E-state index in [-0.39, 0.29) is 10.0 Å². The molecule has 1 aromatic carbocycles. The molecule has 0 atom stereocenters. The van der Waals surface area contributed by atoms with E-state index < -0.39 is 10.0 Å². The second-order valence-corrected chi connectivity index (χ2v) is 6.90. The van der Waals surface area contributed by atoms with Gasteiger partial charge in [-0.1, -0.05) is 36.0 Å². The number of nitrogens with one attached hydrogen (secondary N) is 1. The summed E-state index contributed by atoms with van der Waals surface area (Å²) in [6.07, 6.45) is 1.75. The highest BCUT2D eigenvalue weighted by atomic mass is 35.5. The van der Waals surface area contributed by atoms with Crippen LogP contribution in [0.2, 0.25) is 5.02 Å². The molecule has 0 spiro atoms. The van der Waals surface area contributed by atoms with E-state index >= 15 is 0 Å². The summed E-state index contributed by atoms with van der Waals surface area (Å²) in [4.78, 5) is 0.380. The fourth-order valence-corrected chi connectivity index (χ4v) is 3.68. The number of aromatic nitrogens is 2. The first-order valence-corrected chi connectivity index (χ1v) is 8.14. The van der Waals surface area contributed by atoms with Gasteiger partial charge in [0.2, 0.25) is 0 Å². The molecule has 112 valence electrons. The number of benzene rings is 1. The van der Waals surface area contributed by atoms with Crippen molar-refractivity contribution in [2.45, 2.75) is 11.4 Å². The summed E-state index contributed by atoms with van der Waals surface area (Å²) in [6, 6.07) is 6.77. The summed E-state index contributed by atoms with van der Waals surface area (Å²) in [5, 5.41) is 3.79. The Kier molecular flexibility index (Phi) is 4.50. The van der Waals surface area contributed by atoms with Crippen LogP contribution < -0.4 is 10.5 Å². The molecule has 0 radical (unpaired) electrons. The van der Waals surface area contributed by atoms with E-state index in [1.807, 2.05) is 0 Å². The van der Waals surface area contributed by atoms with Gasteiger partial charge in [-0.05, 0) is 17.7 Å². The molecule has 0 amide bonds. The molecule has 0 aliphatic carbocycles. The van der Waals surface area contributed by atoms with Crippen molar-refractivity contribution in [2.75, 3.05) is 4.72 Å². The van der Waals surface area contributed by atoms with Gasteiger partial charge < -0.3 is 5.73 Å². The molecular weight excluding hydrogens is 332 g/mol. The second-order valence-electron chi connectivity index (χ2n) is 4.37. The van der Waals surface area contributed by atoms with Crippen LogP contribution in [0.15, 0.2) is 35.5 Å². The Morgan fingerprint density at radius 2 is 2.05 bits per heavy atom. The molecule has 0 unspecified atom stereocenters. The van der Waals surface area contributed by atoms with E-state index in [0.29, 0.717) is 17.1 Å². The Bertz CT molecular complexity index is 750. The zero-order valence-corrected chi connectivity index (χ0v) is 13.5. The van der Waals surface area contributed by atoms with Crippen LogP contribution in [-0.4, -0.2) is 23.2 Å². The zero-order chi connectivity index (χ0) is 15.6. The van der Waals surface area contributed by atoms with Crippen LogP contribution in [0, 0.1) is 0 Å². The lowest BCUT2D eigenvalue weighted by Crippen LogP contribution is -2.17. The lowest BCUT2D eigenvalue weighted by atomic mass is 10.1. The zero-order valence-electron chi connectivity index (χ0n) is 11.1. The number of nitrogens with zero attached hydrogens (tertiary/aromatic N) is 2. The normalized spacial score (nSPS) is 11.3. The predicted octanol–water partition coefficient (Wildman–Crippen LogP) is 1.70. The minimum absolute atomic E-state index is 0.0649. The fraction of sp³-hybridized carbons (Fsp3) is 0.167. The summed E-state index contributed by atoms with van der Waals surface area (Å²) < 4.78 is 28.2. The third-order valence-corrected chi connectivity index (χ3v) is 4.71. The van der Waals surface area contributed by atoms with Crippen molar-refractivity contribution in [1.82, 2.24) is 9.78 Å². The summed E-state index contributed by atoms with van der Waals surface area (Å²) in [5.41, 5.74) is 6.78. The lowest BCUT2D eigenvalue weighted by Gasteiger charge is -2.09. The summed E-state index contributed by atoms with van der Waals surface area (Å²) >= 11 is 10.7. The molecule has 1 heterocycles. The standard InChI is InChI=1S/C12H13ClN4O2S2/c1-17-12(10(13)7-15-17)21(18,19)16-9-4-2-8(3-5-9)6-11(14)20/h2-5,7,16H,6H2,1H3,(H2,14,20). The molecule has 0 bridgehead atoms. The average molecular weight is 345 g/mol. The van der Waals surface area contributed by atoms with Crippen molar-refractivity contribution in [2.24, 2.45) is 12.8 Å². The van der Waals surface area contributed by atoms with Crippen molar-refractivity contribution >= 4 is 44.5 Å². The van der Waals surface area contributed by atoms with Crippen molar-refractivity contribution in [1.29, 1.82) is 0 Å². The number of nitrogens with two attached hydrogens (primary N) is 1. The minimum Gasteiger partial charge on any atom is -0.393 e. The molecular formula is C12H13ClN4O2S2. The third kappa shape index (κ3) is 3.72. The van der Waals surface area contributed by atoms with Gasteiger partial charge in [-0.15, -0.1) is 0 Å². The highest BCUT2D eigenvalue weighted by Crippen LogP contribution is 2.22. The maximum atomic E-state index is 12.3. The predicted molar refractivity (Wildman–Crippen MR) is 86.0 cm³/mol. The van der Waals surface area contributed by atoms with E-state index in [1.165, 1.54) is 17.9 Å². The van der Waals surface area contributed by atoms with Crippen molar-refractivity contribution in [3.8, 4) is 0 Å². The SMILES string of the molecule is Cn1ncc(Cl)c1S(=O)(=O)Nc1ccc(CC(N)=S)cc1. The van der Waals surface area contributed by atoms with Crippen LogP contribution in [0.4, 0.5) is 5.69 Å². The van der Waals surface area contributed by atoms with Gasteiger partial charge in [-0.3, -0.25) is 9.40 Å². The van der Waals surface area contributed by atoms with Crippen LogP contribution in [0.1, 0.15) is 5.56 Å². The van der Waals surface area contributed by atoms with E-state index in [9.17, 15) is 8.42 Å². The Morgan fingerprint density at radius 3 is 2.52 bits per heavy atom. The molecule has 0 saturated carbocycles.